The summed E-state index contributed by atoms with van der Waals surface area (Å²) in [5.74, 6) is -0.740. The van der Waals surface area contributed by atoms with Gasteiger partial charge < -0.3 is 25.0 Å². The van der Waals surface area contributed by atoms with Crippen LogP contribution < -0.4 is 0 Å². The van der Waals surface area contributed by atoms with Crippen molar-refractivity contribution in [3.8, 4) is 5.75 Å². The average molecular weight is 224 g/mol. The van der Waals surface area contributed by atoms with Crippen molar-refractivity contribution in [3.05, 3.63) is 29.8 Å². The Morgan fingerprint density at radius 3 is 2.06 bits per heavy atom. The molecule has 3 N–H and O–H groups in total. The van der Waals surface area contributed by atoms with Crippen molar-refractivity contribution < 1.29 is 25.0 Å². The fraction of sp³-hybridized carbons (Fsp3) is 0.111. The monoisotopic (exact) mass is 224 g/mol. The van der Waals surface area contributed by atoms with Crippen molar-refractivity contribution in [2.24, 2.45) is 10.3 Å². The zero-order chi connectivity index (χ0) is 11.5. The van der Waals surface area contributed by atoms with Crippen molar-refractivity contribution in [2.75, 3.05) is 0 Å². The first-order chi connectivity index (χ1) is 7.76. The highest BCUT2D eigenvalue weighted by molar-refractivity contribution is 6.36. The van der Waals surface area contributed by atoms with Crippen LogP contribution in [-0.4, -0.2) is 27.3 Å². The van der Waals surface area contributed by atoms with Gasteiger partial charge in [0, 0.05) is 0 Å². The molecule has 7 nitrogen and oxygen atoms in total. The lowest BCUT2D eigenvalue weighted by atomic mass is 10.2. The van der Waals surface area contributed by atoms with Gasteiger partial charge in [-0.05, 0) is 22.4 Å². The van der Waals surface area contributed by atoms with Gasteiger partial charge in [-0.25, -0.2) is 0 Å². The van der Waals surface area contributed by atoms with Crippen LogP contribution in [0.2, 0.25) is 0 Å². The van der Waals surface area contributed by atoms with E-state index in [1.165, 1.54) is 6.07 Å². The van der Waals surface area contributed by atoms with Crippen LogP contribution in [0.25, 0.3) is 0 Å². The minimum Gasteiger partial charge on any atom is -0.507 e. The average Bonchev–Trinajstić information content (AvgIpc) is 2.72. The lowest BCUT2D eigenvalue weighted by Crippen LogP contribution is -2.07. The minimum absolute atomic E-state index is 0.0380. The molecule has 1 heterocycles. The normalized spacial score (nSPS) is 24.4. The molecule has 7 heteroatoms. The Bertz CT molecular complexity index is 437. The summed E-state index contributed by atoms with van der Waals surface area (Å²) < 4.78 is 10.0. The largest absolute Gasteiger partial charge is 0.507 e. The highest BCUT2D eigenvalue weighted by Gasteiger charge is 2.34. The molecule has 0 bridgehead atoms. The molecular weight excluding hydrogens is 216 g/mol. The molecule has 0 unspecified atom stereocenters. The molecule has 0 radical (unpaired) electrons. The highest BCUT2D eigenvalue weighted by atomic mass is 16.7. The fourth-order valence-corrected chi connectivity index (χ4v) is 1.27. The molecule has 1 aliphatic rings. The number of benzene rings is 1. The number of hydrogen-bond donors (Lipinski definition) is 3. The number of aromatic hydroxyl groups is 1. The first kappa shape index (κ1) is 10.1. The Balaban J connectivity index is 2.30. The predicted octanol–water partition coefficient (Wildman–Crippen LogP) is 1.01. The maximum atomic E-state index is 9.52. The van der Waals surface area contributed by atoms with E-state index in [9.17, 15) is 5.11 Å². The van der Waals surface area contributed by atoms with Gasteiger partial charge in [0.25, 0.3) is 6.29 Å². The lowest BCUT2D eigenvalue weighted by molar-refractivity contribution is 0.0126. The number of rotatable bonds is 1. The second-order valence-electron chi connectivity index (χ2n) is 2.94. The highest BCUT2D eigenvalue weighted by Crippen LogP contribution is 2.31. The molecule has 16 heavy (non-hydrogen) atoms. The van der Waals surface area contributed by atoms with Gasteiger partial charge in [0.05, 0.1) is 5.56 Å². The summed E-state index contributed by atoms with van der Waals surface area (Å²) in [7, 11) is 0. The van der Waals surface area contributed by atoms with Gasteiger partial charge in [-0.15, -0.1) is 0 Å². The van der Waals surface area contributed by atoms with Gasteiger partial charge >= 0.3 is 11.8 Å². The second kappa shape index (κ2) is 3.97. The van der Waals surface area contributed by atoms with Crippen LogP contribution >= 0.6 is 0 Å². The maximum Gasteiger partial charge on any atom is 0.320 e. The molecule has 1 fully saturated rings. The maximum absolute atomic E-state index is 9.52. The Kier molecular flexibility index (Phi) is 2.50. The van der Waals surface area contributed by atoms with E-state index in [4.69, 9.17) is 19.9 Å². The van der Waals surface area contributed by atoms with E-state index in [1.807, 2.05) is 0 Å². The van der Waals surface area contributed by atoms with E-state index < -0.39 is 6.29 Å². The van der Waals surface area contributed by atoms with Gasteiger partial charge in [-0.1, -0.05) is 12.1 Å². The molecule has 0 spiro atoms. The minimum atomic E-state index is -1.00. The van der Waals surface area contributed by atoms with Crippen LogP contribution in [0.5, 0.6) is 5.75 Å². The number of nitrogens with zero attached hydrogens (tertiary/aromatic N) is 2. The zero-order valence-corrected chi connectivity index (χ0v) is 7.94. The zero-order valence-electron chi connectivity index (χ0n) is 7.94. The van der Waals surface area contributed by atoms with Crippen LogP contribution in [0.4, 0.5) is 0 Å². The molecular formula is C9H8N2O5. The molecule has 1 saturated heterocycles. The molecule has 0 atom stereocenters. The topological polar surface area (TPSA) is 104 Å². The van der Waals surface area contributed by atoms with E-state index >= 15 is 0 Å². The van der Waals surface area contributed by atoms with Gasteiger partial charge in [-0.3, -0.25) is 0 Å². The molecule has 0 amide bonds. The molecule has 2 rings (SSSR count). The number of phenols is 1. The van der Waals surface area contributed by atoms with Gasteiger partial charge in [0.15, 0.2) is 0 Å². The van der Waals surface area contributed by atoms with E-state index in [-0.39, 0.29) is 17.5 Å². The van der Waals surface area contributed by atoms with E-state index in [2.05, 4.69) is 10.3 Å². The predicted molar refractivity (Wildman–Crippen MR) is 51.5 cm³/mol. The third-order valence-corrected chi connectivity index (χ3v) is 1.99. The third-order valence-electron chi connectivity index (χ3n) is 1.99. The second-order valence-corrected chi connectivity index (χ2v) is 2.94. The molecule has 84 valence electrons. The lowest BCUT2D eigenvalue weighted by Gasteiger charge is -2.09. The van der Waals surface area contributed by atoms with Gasteiger partial charge in [0.1, 0.15) is 5.75 Å². The van der Waals surface area contributed by atoms with Crippen LogP contribution in [0.15, 0.2) is 34.6 Å². The Labute approximate surface area is 89.8 Å². The summed E-state index contributed by atoms with van der Waals surface area (Å²) in [6.45, 7) is 0. The summed E-state index contributed by atoms with van der Waals surface area (Å²) in [6, 6.07) is 6.32. The van der Waals surface area contributed by atoms with Crippen molar-refractivity contribution in [1.29, 1.82) is 0 Å². The van der Waals surface area contributed by atoms with E-state index in [0.29, 0.717) is 5.56 Å². The number of oxime groups is 2. The van der Waals surface area contributed by atoms with Crippen molar-refractivity contribution in [2.45, 2.75) is 6.29 Å². The van der Waals surface area contributed by atoms with Crippen molar-refractivity contribution in [1.82, 2.24) is 0 Å². The van der Waals surface area contributed by atoms with Gasteiger partial charge in [-0.2, -0.15) is 0 Å². The van der Waals surface area contributed by atoms with Gasteiger partial charge in [0.2, 0.25) is 0 Å². The summed E-state index contributed by atoms with van der Waals surface area (Å²) in [5, 5.41) is 32.1. The summed E-state index contributed by atoms with van der Waals surface area (Å²) in [4.78, 5) is 0. The molecule has 0 aliphatic carbocycles. The quantitative estimate of drug-likeness (QED) is 0.488. The number of phenolic OH excluding ortho intramolecular Hbond substituents is 1. The fourth-order valence-electron chi connectivity index (χ4n) is 1.27. The molecule has 1 aromatic rings. The SMILES string of the molecule is ON=C1OC(c2ccccc2O)OC1=NO. The van der Waals surface area contributed by atoms with E-state index in [1.54, 1.807) is 18.2 Å². The Hall–Kier alpha value is -2.44. The summed E-state index contributed by atoms with van der Waals surface area (Å²) in [6.07, 6.45) is -1.00. The van der Waals surface area contributed by atoms with Crippen LogP contribution in [0.1, 0.15) is 11.9 Å². The Morgan fingerprint density at radius 1 is 1.00 bits per heavy atom. The standard InChI is InChI=1S/C9H8N2O5/c12-6-4-2-1-3-5(6)9-15-7(10-13)8(11-14)16-9/h1-4,9,12-14H. The third kappa shape index (κ3) is 1.58. The summed E-state index contributed by atoms with van der Waals surface area (Å²) in [5.41, 5.74) is 0.335. The molecule has 0 saturated carbocycles. The molecule has 1 aromatic carbocycles. The first-order valence-corrected chi connectivity index (χ1v) is 4.32. The summed E-state index contributed by atoms with van der Waals surface area (Å²) >= 11 is 0. The Morgan fingerprint density at radius 2 is 1.56 bits per heavy atom. The number of para-hydroxylation sites is 1. The number of hydrogen-bond acceptors (Lipinski definition) is 7. The molecule has 1 aliphatic heterocycles. The van der Waals surface area contributed by atoms with Crippen molar-refractivity contribution in [3.63, 3.8) is 0 Å². The van der Waals surface area contributed by atoms with Crippen LogP contribution in [0.3, 0.4) is 0 Å². The first-order valence-electron chi connectivity index (χ1n) is 4.32. The van der Waals surface area contributed by atoms with Crippen LogP contribution in [0, 0.1) is 0 Å². The van der Waals surface area contributed by atoms with Crippen LogP contribution in [-0.2, 0) is 9.47 Å². The molecule has 0 aromatic heterocycles. The number of ether oxygens (including phenoxy) is 2. The smallest absolute Gasteiger partial charge is 0.320 e. The van der Waals surface area contributed by atoms with E-state index in [0.717, 1.165) is 0 Å². The van der Waals surface area contributed by atoms with Crippen molar-refractivity contribution >= 4 is 11.8 Å².